The summed E-state index contributed by atoms with van der Waals surface area (Å²) in [6.07, 6.45) is 5.18. The Labute approximate surface area is 139 Å². The number of rotatable bonds is 3. The van der Waals surface area contributed by atoms with Crippen LogP contribution < -0.4 is 0 Å². The second-order valence-electron chi connectivity index (χ2n) is 5.33. The van der Waals surface area contributed by atoms with E-state index in [1.807, 2.05) is 12.1 Å². The molecule has 0 fully saturated rings. The summed E-state index contributed by atoms with van der Waals surface area (Å²) < 4.78 is 0. The van der Waals surface area contributed by atoms with Gasteiger partial charge in [0.2, 0.25) is 0 Å². The maximum Gasteiger partial charge on any atom is 0.119 e. The molecule has 1 aliphatic heterocycles. The van der Waals surface area contributed by atoms with Gasteiger partial charge in [-0.3, -0.25) is 15.0 Å². The molecule has 0 bridgehead atoms. The number of hydrogen-bond acceptors (Lipinski definition) is 4. The number of aliphatic imine (C=N–C) groups is 1. The Morgan fingerprint density at radius 1 is 0.783 bits per heavy atom. The summed E-state index contributed by atoms with van der Waals surface area (Å²) in [5, 5.41) is 1.22. The Morgan fingerprint density at radius 3 is 2.13 bits per heavy atom. The smallest absolute Gasteiger partial charge is 0.119 e. The molecule has 0 N–H and O–H groups in total. The van der Waals surface area contributed by atoms with Crippen molar-refractivity contribution in [2.45, 2.75) is 11.3 Å². The molecule has 4 heteroatoms. The lowest BCUT2D eigenvalue weighted by atomic mass is 9.99. The Bertz CT molecular complexity index is 804. The van der Waals surface area contributed by atoms with Gasteiger partial charge in [-0.05, 0) is 11.1 Å². The summed E-state index contributed by atoms with van der Waals surface area (Å²) in [5.41, 5.74) is 3.36. The van der Waals surface area contributed by atoms with Gasteiger partial charge in [-0.1, -0.05) is 72.4 Å². The number of aromatic nitrogens is 2. The van der Waals surface area contributed by atoms with Crippen LogP contribution in [-0.2, 0) is 0 Å². The Kier molecular flexibility index (Phi) is 3.90. The van der Waals surface area contributed by atoms with Gasteiger partial charge in [-0.2, -0.15) is 0 Å². The van der Waals surface area contributed by atoms with E-state index in [-0.39, 0.29) is 11.3 Å². The lowest BCUT2D eigenvalue weighted by Gasteiger charge is -2.17. The first-order chi connectivity index (χ1) is 11.4. The van der Waals surface area contributed by atoms with Gasteiger partial charge in [0, 0.05) is 12.4 Å². The molecule has 2 aromatic carbocycles. The van der Waals surface area contributed by atoms with E-state index in [0.29, 0.717) is 0 Å². The van der Waals surface area contributed by atoms with Crippen LogP contribution in [0.3, 0.4) is 0 Å². The standard InChI is InChI=1S/C19H15N3S/c1-3-7-14(8-4-1)17-18(15-9-5-2-6-10-15)23-19(22-17)16-13-20-11-12-21-16/h1-13,17-18H. The minimum absolute atomic E-state index is 0.0978. The number of nitrogens with zero attached hydrogens (tertiary/aromatic N) is 3. The first-order valence-electron chi connectivity index (χ1n) is 7.52. The molecule has 0 aliphatic carbocycles. The molecule has 0 spiro atoms. The van der Waals surface area contributed by atoms with E-state index in [9.17, 15) is 0 Å². The second-order valence-corrected chi connectivity index (χ2v) is 6.46. The highest BCUT2D eigenvalue weighted by atomic mass is 32.2. The molecule has 0 radical (unpaired) electrons. The van der Waals surface area contributed by atoms with Crippen LogP contribution in [0.5, 0.6) is 0 Å². The van der Waals surface area contributed by atoms with Gasteiger partial charge in [0.25, 0.3) is 0 Å². The largest absolute Gasteiger partial charge is 0.266 e. The van der Waals surface area contributed by atoms with Crippen molar-refractivity contribution in [3.05, 3.63) is 96.1 Å². The van der Waals surface area contributed by atoms with Crippen LogP contribution in [0.15, 0.2) is 84.2 Å². The lowest BCUT2D eigenvalue weighted by molar-refractivity contribution is 0.724. The lowest BCUT2D eigenvalue weighted by Crippen LogP contribution is -2.02. The topological polar surface area (TPSA) is 38.1 Å². The average molecular weight is 317 g/mol. The molecule has 0 amide bonds. The third kappa shape index (κ3) is 2.90. The predicted molar refractivity (Wildman–Crippen MR) is 94.5 cm³/mol. The average Bonchev–Trinajstić information content (AvgIpc) is 3.09. The number of hydrogen-bond donors (Lipinski definition) is 0. The normalized spacial score (nSPS) is 20.3. The molecule has 3 nitrogen and oxygen atoms in total. The molecule has 0 saturated carbocycles. The molecule has 0 saturated heterocycles. The van der Waals surface area contributed by atoms with Crippen LogP contribution in [0.1, 0.15) is 28.1 Å². The molecule has 23 heavy (non-hydrogen) atoms. The van der Waals surface area contributed by atoms with E-state index in [0.717, 1.165) is 10.7 Å². The Hall–Kier alpha value is -2.46. The summed E-state index contributed by atoms with van der Waals surface area (Å²) in [6, 6.07) is 21.1. The zero-order chi connectivity index (χ0) is 15.5. The minimum atomic E-state index is 0.0978. The molecule has 2 atom stereocenters. The zero-order valence-electron chi connectivity index (χ0n) is 12.4. The van der Waals surface area contributed by atoms with E-state index in [2.05, 4.69) is 58.5 Å². The predicted octanol–water partition coefficient (Wildman–Crippen LogP) is 4.45. The summed E-state index contributed by atoms with van der Waals surface area (Å²) in [5.74, 6) is 0. The van der Waals surface area contributed by atoms with Crippen molar-refractivity contribution >= 4 is 16.8 Å². The maximum absolute atomic E-state index is 4.96. The van der Waals surface area contributed by atoms with Crippen molar-refractivity contribution in [3.8, 4) is 0 Å². The number of benzene rings is 2. The van der Waals surface area contributed by atoms with Crippen LogP contribution >= 0.6 is 11.8 Å². The van der Waals surface area contributed by atoms with Gasteiger partial charge in [-0.25, -0.2) is 0 Å². The molecule has 1 aromatic heterocycles. The van der Waals surface area contributed by atoms with Crippen LogP contribution in [-0.4, -0.2) is 15.0 Å². The monoisotopic (exact) mass is 317 g/mol. The van der Waals surface area contributed by atoms with Crippen molar-refractivity contribution in [2.24, 2.45) is 4.99 Å². The van der Waals surface area contributed by atoms with Gasteiger partial charge in [0.05, 0.1) is 17.5 Å². The first kappa shape index (κ1) is 14.2. The van der Waals surface area contributed by atoms with E-state index in [1.54, 1.807) is 30.4 Å². The van der Waals surface area contributed by atoms with E-state index in [4.69, 9.17) is 4.99 Å². The van der Waals surface area contributed by atoms with Crippen LogP contribution in [0, 0.1) is 0 Å². The minimum Gasteiger partial charge on any atom is -0.266 e. The molecule has 112 valence electrons. The second kappa shape index (κ2) is 6.34. The fraction of sp³-hybridized carbons (Fsp3) is 0.105. The van der Waals surface area contributed by atoms with Crippen molar-refractivity contribution in [3.63, 3.8) is 0 Å². The fourth-order valence-corrected chi connectivity index (χ4v) is 4.02. The van der Waals surface area contributed by atoms with Gasteiger partial charge < -0.3 is 0 Å². The van der Waals surface area contributed by atoms with Gasteiger partial charge in [-0.15, -0.1) is 0 Å². The Balaban J connectivity index is 1.75. The third-order valence-electron chi connectivity index (χ3n) is 3.83. The van der Waals surface area contributed by atoms with E-state index in [1.165, 1.54) is 11.1 Å². The highest BCUT2D eigenvalue weighted by Gasteiger charge is 2.33. The van der Waals surface area contributed by atoms with Crippen molar-refractivity contribution in [1.29, 1.82) is 0 Å². The molecule has 2 heterocycles. The number of thioether (sulfide) groups is 1. The first-order valence-corrected chi connectivity index (χ1v) is 8.40. The molecule has 4 rings (SSSR count). The quantitative estimate of drug-likeness (QED) is 0.716. The van der Waals surface area contributed by atoms with E-state index >= 15 is 0 Å². The SMILES string of the molecule is c1ccc(C2N=C(c3cnccn3)SC2c2ccccc2)cc1. The third-order valence-corrected chi connectivity index (χ3v) is 5.15. The van der Waals surface area contributed by atoms with Crippen molar-refractivity contribution in [1.82, 2.24) is 9.97 Å². The maximum atomic E-state index is 4.96. The molecular weight excluding hydrogens is 302 g/mol. The summed E-state index contributed by atoms with van der Waals surface area (Å²) in [6.45, 7) is 0. The summed E-state index contributed by atoms with van der Waals surface area (Å²) >= 11 is 1.77. The Morgan fingerprint density at radius 2 is 1.48 bits per heavy atom. The summed E-state index contributed by atoms with van der Waals surface area (Å²) in [7, 11) is 0. The molecule has 3 aromatic rings. The van der Waals surface area contributed by atoms with Gasteiger partial charge in [0.1, 0.15) is 10.7 Å². The van der Waals surface area contributed by atoms with Crippen molar-refractivity contribution in [2.75, 3.05) is 0 Å². The highest BCUT2D eigenvalue weighted by molar-refractivity contribution is 8.14. The molecule has 1 aliphatic rings. The summed E-state index contributed by atoms with van der Waals surface area (Å²) in [4.78, 5) is 13.5. The molecular formula is C19H15N3S. The molecule has 2 unspecified atom stereocenters. The van der Waals surface area contributed by atoms with Crippen molar-refractivity contribution < 1.29 is 0 Å². The fourth-order valence-electron chi connectivity index (χ4n) is 2.74. The zero-order valence-corrected chi connectivity index (χ0v) is 13.2. The highest BCUT2D eigenvalue weighted by Crippen LogP contribution is 2.49. The van der Waals surface area contributed by atoms with Crippen LogP contribution in [0.25, 0.3) is 0 Å². The van der Waals surface area contributed by atoms with Crippen LogP contribution in [0.2, 0.25) is 0 Å². The van der Waals surface area contributed by atoms with Crippen LogP contribution in [0.4, 0.5) is 0 Å². The van der Waals surface area contributed by atoms with Gasteiger partial charge in [0.15, 0.2) is 0 Å². The van der Waals surface area contributed by atoms with Gasteiger partial charge >= 0.3 is 0 Å². The van der Waals surface area contributed by atoms with E-state index < -0.39 is 0 Å².